The van der Waals surface area contributed by atoms with Crippen LogP contribution in [0, 0.1) is 11.3 Å². The summed E-state index contributed by atoms with van der Waals surface area (Å²) in [5.41, 5.74) is 8.08. The summed E-state index contributed by atoms with van der Waals surface area (Å²) in [4.78, 5) is 4.68. The second-order valence-corrected chi connectivity index (χ2v) is 6.12. The fourth-order valence-corrected chi connectivity index (χ4v) is 2.95. The van der Waals surface area contributed by atoms with E-state index in [9.17, 15) is 5.26 Å². The van der Waals surface area contributed by atoms with Crippen LogP contribution in [0.15, 0.2) is 35.5 Å². The molecular formula is C16H19ClN4S. The fraction of sp³-hybridized carbons (Fsp3) is 0.375. The third kappa shape index (κ3) is 3.90. The molecule has 0 spiro atoms. The van der Waals surface area contributed by atoms with Crippen molar-refractivity contribution >= 4 is 34.5 Å². The lowest BCUT2D eigenvalue weighted by Gasteiger charge is -2.26. The monoisotopic (exact) mass is 334 g/mol. The van der Waals surface area contributed by atoms with Gasteiger partial charge < -0.3 is 15.5 Å². The number of nitrogens with zero attached hydrogens (tertiary/aromatic N) is 3. The first-order valence-electron chi connectivity index (χ1n) is 7.19. The van der Waals surface area contributed by atoms with E-state index in [-0.39, 0.29) is 4.99 Å². The molecule has 116 valence electrons. The molecule has 0 aliphatic carbocycles. The molecule has 1 heterocycles. The molecule has 1 aromatic rings. The van der Waals surface area contributed by atoms with Crippen LogP contribution in [0.5, 0.6) is 0 Å². The zero-order chi connectivity index (χ0) is 16.1. The van der Waals surface area contributed by atoms with Gasteiger partial charge in [-0.2, -0.15) is 5.26 Å². The summed E-state index contributed by atoms with van der Waals surface area (Å²) in [6.45, 7) is 5.50. The molecule has 0 saturated carbocycles. The molecule has 0 amide bonds. The number of benzene rings is 1. The summed E-state index contributed by atoms with van der Waals surface area (Å²) in [5.74, 6) is 0. The molecule has 2 N–H and O–H groups in total. The molecule has 1 fully saturated rings. The number of anilines is 1. The van der Waals surface area contributed by atoms with E-state index in [0.717, 1.165) is 43.3 Å². The van der Waals surface area contributed by atoms with Gasteiger partial charge in [0, 0.05) is 42.6 Å². The van der Waals surface area contributed by atoms with Crippen molar-refractivity contribution in [3.8, 4) is 6.07 Å². The molecule has 0 unspecified atom stereocenters. The molecule has 1 aromatic carbocycles. The van der Waals surface area contributed by atoms with E-state index in [1.807, 2.05) is 31.2 Å². The molecule has 6 heteroatoms. The smallest absolute Gasteiger partial charge is 0.116 e. The number of hydrogen-bond donors (Lipinski definition) is 1. The highest BCUT2D eigenvalue weighted by Crippen LogP contribution is 2.21. The van der Waals surface area contributed by atoms with Crippen LogP contribution in [-0.4, -0.2) is 36.1 Å². The van der Waals surface area contributed by atoms with Gasteiger partial charge in [-0.25, -0.2) is 0 Å². The SMILES string of the molecule is C/C(=C(\C#N)C(N)=S)N1CCCN(c2ccc(Cl)cc2)CC1. The topological polar surface area (TPSA) is 56.3 Å². The molecule has 0 radical (unpaired) electrons. The van der Waals surface area contributed by atoms with E-state index in [0.29, 0.717) is 5.57 Å². The Morgan fingerprint density at radius 3 is 2.50 bits per heavy atom. The molecule has 0 atom stereocenters. The van der Waals surface area contributed by atoms with Crippen molar-refractivity contribution in [3.63, 3.8) is 0 Å². The maximum atomic E-state index is 9.20. The summed E-state index contributed by atoms with van der Waals surface area (Å²) < 4.78 is 0. The van der Waals surface area contributed by atoms with Gasteiger partial charge in [0.1, 0.15) is 16.6 Å². The molecule has 4 nitrogen and oxygen atoms in total. The molecule has 1 aliphatic rings. The molecule has 22 heavy (non-hydrogen) atoms. The van der Waals surface area contributed by atoms with Crippen molar-refractivity contribution in [3.05, 3.63) is 40.6 Å². The van der Waals surface area contributed by atoms with Crippen LogP contribution in [0.25, 0.3) is 0 Å². The Morgan fingerprint density at radius 1 is 1.23 bits per heavy atom. The minimum absolute atomic E-state index is 0.166. The molecular weight excluding hydrogens is 316 g/mol. The summed E-state index contributed by atoms with van der Waals surface area (Å²) in [6, 6.07) is 10.0. The van der Waals surface area contributed by atoms with E-state index in [1.54, 1.807) is 0 Å². The van der Waals surface area contributed by atoms with E-state index in [2.05, 4.69) is 15.9 Å². The van der Waals surface area contributed by atoms with E-state index >= 15 is 0 Å². The quantitative estimate of drug-likeness (QED) is 0.523. The van der Waals surface area contributed by atoms with Gasteiger partial charge in [0.2, 0.25) is 0 Å². The van der Waals surface area contributed by atoms with Gasteiger partial charge in [0.05, 0.1) is 0 Å². The van der Waals surface area contributed by atoms with Gasteiger partial charge in [0.15, 0.2) is 0 Å². The van der Waals surface area contributed by atoms with Gasteiger partial charge in [-0.1, -0.05) is 23.8 Å². The van der Waals surface area contributed by atoms with Crippen LogP contribution in [0.1, 0.15) is 13.3 Å². The third-order valence-corrected chi connectivity index (χ3v) is 4.34. The van der Waals surface area contributed by atoms with Crippen molar-refractivity contribution < 1.29 is 0 Å². The molecule has 0 bridgehead atoms. The minimum atomic E-state index is 0.166. The fourth-order valence-electron chi connectivity index (χ4n) is 2.64. The van der Waals surface area contributed by atoms with Crippen molar-refractivity contribution in [2.45, 2.75) is 13.3 Å². The Kier molecular flexibility index (Phi) is 5.64. The van der Waals surface area contributed by atoms with Crippen LogP contribution < -0.4 is 10.6 Å². The summed E-state index contributed by atoms with van der Waals surface area (Å²) in [6.07, 6.45) is 1.01. The first kappa shape index (κ1) is 16.6. The largest absolute Gasteiger partial charge is 0.389 e. The van der Waals surface area contributed by atoms with Gasteiger partial charge >= 0.3 is 0 Å². The van der Waals surface area contributed by atoms with Crippen molar-refractivity contribution in [1.82, 2.24) is 4.90 Å². The van der Waals surface area contributed by atoms with Gasteiger partial charge in [-0.15, -0.1) is 0 Å². The average Bonchev–Trinajstić information content (AvgIpc) is 2.74. The van der Waals surface area contributed by atoms with Crippen molar-refractivity contribution in [1.29, 1.82) is 5.26 Å². The van der Waals surface area contributed by atoms with Crippen LogP contribution in [0.3, 0.4) is 0 Å². The van der Waals surface area contributed by atoms with Crippen LogP contribution in [0.4, 0.5) is 5.69 Å². The first-order chi connectivity index (χ1) is 10.5. The maximum absolute atomic E-state index is 9.20. The predicted octanol–water partition coefficient (Wildman–Crippen LogP) is 2.94. The lowest BCUT2D eigenvalue weighted by Crippen LogP contribution is -2.31. The predicted molar refractivity (Wildman–Crippen MR) is 95.0 cm³/mol. The molecule has 2 rings (SSSR count). The van der Waals surface area contributed by atoms with E-state index in [4.69, 9.17) is 29.6 Å². The lowest BCUT2D eigenvalue weighted by atomic mass is 10.2. The Morgan fingerprint density at radius 2 is 1.91 bits per heavy atom. The highest BCUT2D eigenvalue weighted by molar-refractivity contribution is 7.80. The highest BCUT2D eigenvalue weighted by atomic mass is 35.5. The minimum Gasteiger partial charge on any atom is -0.389 e. The number of nitriles is 1. The summed E-state index contributed by atoms with van der Waals surface area (Å²) in [7, 11) is 0. The van der Waals surface area contributed by atoms with Crippen LogP contribution >= 0.6 is 23.8 Å². The van der Waals surface area contributed by atoms with Crippen molar-refractivity contribution in [2.24, 2.45) is 5.73 Å². The second kappa shape index (κ2) is 7.48. The molecule has 1 saturated heterocycles. The Balaban J connectivity index is 2.11. The zero-order valence-corrected chi connectivity index (χ0v) is 14.1. The van der Waals surface area contributed by atoms with Gasteiger partial charge in [-0.05, 0) is 37.6 Å². The average molecular weight is 335 g/mol. The van der Waals surface area contributed by atoms with Crippen molar-refractivity contribution in [2.75, 3.05) is 31.1 Å². The standard InChI is InChI=1S/C16H19ClN4S/c1-12(15(11-18)16(19)22)20-7-2-8-21(10-9-20)14-5-3-13(17)4-6-14/h3-6H,2,7-10H2,1H3,(H2,19,22)/b15-12-. The van der Waals surface area contributed by atoms with Crippen LogP contribution in [0.2, 0.25) is 5.02 Å². The Labute approximate surface area is 141 Å². The lowest BCUT2D eigenvalue weighted by molar-refractivity contribution is 0.369. The zero-order valence-electron chi connectivity index (χ0n) is 12.6. The first-order valence-corrected chi connectivity index (χ1v) is 7.98. The molecule has 0 aromatic heterocycles. The second-order valence-electron chi connectivity index (χ2n) is 5.24. The summed E-state index contributed by atoms with van der Waals surface area (Å²) in [5, 5.41) is 9.94. The summed E-state index contributed by atoms with van der Waals surface area (Å²) >= 11 is 10.9. The Hall–Kier alpha value is -1.77. The number of allylic oxidation sites excluding steroid dienone is 1. The normalized spacial score (nSPS) is 16.6. The molecule has 1 aliphatic heterocycles. The van der Waals surface area contributed by atoms with E-state index < -0.39 is 0 Å². The highest BCUT2D eigenvalue weighted by Gasteiger charge is 2.18. The Bertz CT molecular complexity index is 618. The van der Waals surface area contributed by atoms with Gasteiger partial charge in [-0.3, -0.25) is 0 Å². The number of thiocarbonyl (C=S) groups is 1. The third-order valence-electron chi connectivity index (χ3n) is 3.88. The number of rotatable bonds is 3. The number of halogens is 1. The van der Waals surface area contributed by atoms with E-state index in [1.165, 1.54) is 5.69 Å². The maximum Gasteiger partial charge on any atom is 0.116 e. The number of hydrogen-bond acceptors (Lipinski definition) is 4. The van der Waals surface area contributed by atoms with Gasteiger partial charge in [0.25, 0.3) is 0 Å². The number of nitrogens with two attached hydrogens (primary N) is 1. The van der Waals surface area contributed by atoms with Crippen LogP contribution in [-0.2, 0) is 0 Å².